The Morgan fingerprint density at radius 3 is 2.63 bits per heavy atom. The van der Waals surface area contributed by atoms with Crippen molar-refractivity contribution in [2.75, 3.05) is 53.1 Å². The number of ether oxygens (including phenoxy) is 2. The molecule has 0 radical (unpaired) electrons. The number of nitrogens with one attached hydrogen (secondary N) is 1. The highest BCUT2D eigenvalue weighted by atomic mass is 16.5. The van der Waals surface area contributed by atoms with Crippen molar-refractivity contribution >= 4 is 5.91 Å². The Morgan fingerprint density at radius 1 is 1.32 bits per heavy atom. The smallest absolute Gasteiger partial charge is 0.234 e. The van der Waals surface area contributed by atoms with E-state index in [9.17, 15) is 4.79 Å². The van der Waals surface area contributed by atoms with Gasteiger partial charge in [0.1, 0.15) is 0 Å². The predicted molar refractivity (Wildman–Crippen MR) is 74.1 cm³/mol. The van der Waals surface area contributed by atoms with Gasteiger partial charge in [0.2, 0.25) is 5.91 Å². The van der Waals surface area contributed by atoms with Gasteiger partial charge in [-0.2, -0.15) is 0 Å². The van der Waals surface area contributed by atoms with Crippen LogP contribution in [0.4, 0.5) is 0 Å². The summed E-state index contributed by atoms with van der Waals surface area (Å²) in [5.74, 6) is -0.0332. The van der Waals surface area contributed by atoms with Crippen LogP contribution in [0.25, 0.3) is 0 Å². The molecule has 19 heavy (non-hydrogen) atoms. The summed E-state index contributed by atoms with van der Waals surface area (Å²) in [5.41, 5.74) is 0. The first-order valence-corrected chi connectivity index (χ1v) is 6.80. The van der Waals surface area contributed by atoms with Crippen molar-refractivity contribution in [1.82, 2.24) is 10.2 Å². The van der Waals surface area contributed by atoms with Crippen LogP contribution in [-0.2, 0) is 14.3 Å². The lowest BCUT2D eigenvalue weighted by molar-refractivity contribution is -0.122. The first-order chi connectivity index (χ1) is 9.10. The number of amides is 1. The predicted octanol–water partition coefficient (Wildman–Crippen LogP) is -0.142. The van der Waals surface area contributed by atoms with Crippen molar-refractivity contribution in [3.05, 3.63) is 0 Å². The lowest BCUT2D eigenvalue weighted by Crippen LogP contribution is -2.40. The number of aliphatic hydroxyl groups is 1. The van der Waals surface area contributed by atoms with Gasteiger partial charge in [-0.15, -0.1) is 0 Å². The van der Waals surface area contributed by atoms with Crippen LogP contribution in [0.2, 0.25) is 0 Å². The molecule has 0 unspecified atom stereocenters. The van der Waals surface area contributed by atoms with Gasteiger partial charge < -0.3 is 19.9 Å². The van der Waals surface area contributed by atoms with Crippen LogP contribution in [0.1, 0.15) is 20.3 Å². The third-order valence-corrected chi connectivity index (χ3v) is 2.49. The molecule has 0 aliphatic rings. The minimum Gasteiger partial charge on any atom is -0.395 e. The average Bonchev–Trinajstić information content (AvgIpc) is 2.35. The van der Waals surface area contributed by atoms with Gasteiger partial charge in [-0.1, -0.05) is 0 Å². The number of rotatable bonds is 12. The Balaban J connectivity index is 3.67. The molecular weight excluding hydrogens is 248 g/mol. The minimum atomic E-state index is -0.0332. The monoisotopic (exact) mass is 276 g/mol. The summed E-state index contributed by atoms with van der Waals surface area (Å²) in [7, 11) is 1.62. The van der Waals surface area contributed by atoms with E-state index in [2.05, 4.69) is 5.32 Å². The van der Waals surface area contributed by atoms with Gasteiger partial charge in [-0.05, 0) is 20.3 Å². The molecule has 0 aliphatic carbocycles. The standard InChI is InChI=1S/C13H28N2O4/c1-12(2)19-9-4-5-14-13(17)11-15(6-8-16)7-10-18-3/h12,16H,4-11H2,1-3H3,(H,14,17). The first kappa shape index (κ1) is 18.3. The van der Waals surface area contributed by atoms with E-state index in [0.717, 1.165) is 6.42 Å². The minimum absolute atomic E-state index is 0.0332. The fourth-order valence-electron chi connectivity index (χ4n) is 1.51. The SMILES string of the molecule is COCCN(CCO)CC(=O)NCCCOC(C)C. The van der Waals surface area contributed by atoms with Gasteiger partial charge in [-0.25, -0.2) is 0 Å². The second-order valence-electron chi connectivity index (χ2n) is 4.62. The highest BCUT2D eigenvalue weighted by Crippen LogP contribution is 1.91. The maximum atomic E-state index is 11.7. The number of methoxy groups -OCH3 is 1. The Kier molecular flexibility index (Phi) is 11.9. The average molecular weight is 276 g/mol. The van der Waals surface area contributed by atoms with Gasteiger partial charge in [0.25, 0.3) is 0 Å². The van der Waals surface area contributed by atoms with E-state index in [1.165, 1.54) is 0 Å². The summed E-state index contributed by atoms with van der Waals surface area (Å²) < 4.78 is 10.3. The Labute approximate surface area is 116 Å². The van der Waals surface area contributed by atoms with Gasteiger partial charge in [0.15, 0.2) is 0 Å². The lowest BCUT2D eigenvalue weighted by Gasteiger charge is -2.20. The largest absolute Gasteiger partial charge is 0.395 e. The normalized spacial score (nSPS) is 11.3. The number of carbonyl (C=O) groups is 1. The summed E-state index contributed by atoms with van der Waals surface area (Å²) in [6.45, 7) is 7.24. The Bertz CT molecular complexity index is 225. The second kappa shape index (κ2) is 12.3. The highest BCUT2D eigenvalue weighted by Gasteiger charge is 2.09. The molecule has 0 aromatic heterocycles. The van der Waals surface area contributed by atoms with Gasteiger partial charge >= 0.3 is 0 Å². The summed E-state index contributed by atoms with van der Waals surface area (Å²) in [6, 6.07) is 0. The van der Waals surface area contributed by atoms with Crippen molar-refractivity contribution in [1.29, 1.82) is 0 Å². The molecule has 1 amide bonds. The number of hydrogen-bond acceptors (Lipinski definition) is 5. The molecule has 0 bridgehead atoms. The van der Waals surface area contributed by atoms with Crippen molar-refractivity contribution in [2.45, 2.75) is 26.4 Å². The molecule has 6 nitrogen and oxygen atoms in total. The molecule has 0 rings (SSSR count). The van der Waals surface area contributed by atoms with E-state index in [0.29, 0.717) is 32.8 Å². The fraction of sp³-hybridized carbons (Fsp3) is 0.923. The molecule has 114 valence electrons. The van der Waals surface area contributed by atoms with Crippen LogP contribution >= 0.6 is 0 Å². The van der Waals surface area contributed by atoms with Gasteiger partial charge in [0.05, 0.1) is 25.9 Å². The maximum Gasteiger partial charge on any atom is 0.234 e. The third-order valence-electron chi connectivity index (χ3n) is 2.49. The van der Waals surface area contributed by atoms with E-state index in [1.54, 1.807) is 7.11 Å². The third kappa shape index (κ3) is 12.1. The zero-order valence-electron chi connectivity index (χ0n) is 12.4. The molecule has 0 atom stereocenters. The second-order valence-corrected chi connectivity index (χ2v) is 4.62. The lowest BCUT2D eigenvalue weighted by atomic mass is 10.4. The summed E-state index contributed by atoms with van der Waals surface area (Å²) in [4.78, 5) is 13.5. The van der Waals surface area contributed by atoms with Gasteiger partial charge in [0, 0.05) is 33.4 Å². The molecule has 0 saturated carbocycles. The topological polar surface area (TPSA) is 71.0 Å². The molecule has 0 aliphatic heterocycles. The van der Waals surface area contributed by atoms with Crippen LogP contribution in [0.15, 0.2) is 0 Å². The molecule has 2 N–H and O–H groups in total. The van der Waals surface area contributed by atoms with Crippen LogP contribution in [0, 0.1) is 0 Å². The molecule has 0 heterocycles. The van der Waals surface area contributed by atoms with Crippen LogP contribution in [0.3, 0.4) is 0 Å². The van der Waals surface area contributed by atoms with E-state index in [1.807, 2.05) is 18.7 Å². The molecule has 0 aromatic carbocycles. The molecule has 0 aromatic rings. The molecule has 6 heteroatoms. The molecular formula is C13H28N2O4. The molecule has 0 spiro atoms. The number of nitrogens with zero attached hydrogens (tertiary/aromatic N) is 1. The Hall–Kier alpha value is -0.690. The first-order valence-electron chi connectivity index (χ1n) is 6.80. The quantitative estimate of drug-likeness (QED) is 0.485. The molecule has 0 saturated heterocycles. The number of carbonyl (C=O) groups excluding carboxylic acids is 1. The van der Waals surface area contributed by atoms with Crippen molar-refractivity contribution in [2.24, 2.45) is 0 Å². The van der Waals surface area contributed by atoms with Crippen molar-refractivity contribution in [3.63, 3.8) is 0 Å². The van der Waals surface area contributed by atoms with Gasteiger partial charge in [-0.3, -0.25) is 9.69 Å². The van der Waals surface area contributed by atoms with Crippen molar-refractivity contribution < 1.29 is 19.4 Å². The Morgan fingerprint density at radius 2 is 2.05 bits per heavy atom. The van der Waals surface area contributed by atoms with Crippen LogP contribution in [-0.4, -0.2) is 75.1 Å². The zero-order valence-corrected chi connectivity index (χ0v) is 12.4. The summed E-state index contributed by atoms with van der Waals surface area (Å²) >= 11 is 0. The van der Waals surface area contributed by atoms with Crippen molar-refractivity contribution in [3.8, 4) is 0 Å². The zero-order chi connectivity index (χ0) is 14.5. The van der Waals surface area contributed by atoms with E-state index in [4.69, 9.17) is 14.6 Å². The maximum absolute atomic E-state index is 11.7. The van der Waals surface area contributed by atoms with E-state index in [-0.39, 0.29) is 25.2 Å². The van der Waals surface area contributed by atoms with Crippen LogP contribution < -0.4 is 5.32 Å². The number of aliphatic hydroxyl groups excluding tert-OH is 1. The summed E-state index contributed by atoms with van der Waals surface area (Å²) in [6.07, 6.45) is 1.03. The summed E-state index contributed by atoms with van der Waals surface area (Å²) in [5, 5.41) is 11.8. The van der Waals surface area contributed by atoms with E-state index >= 15 is 0 Å². The fourth-order valence-corrected chi connectivity index (χ4v) is 1.51. The van der Waals surface area contributed by atoms with Crippen LogP contribution in [0.5, 0.6) is 0 Å². The number of hydrogen-bond donors (Lipinski definition) is 2. The molecule has 0 fully saturated rings. The van der Waals surface area contributed by atoms with E-state index < -0.39 is 0 Å². The highest BCUT2D eigenvalue weighted by molar-refractivity contribution is 5.77.